The molecule has 1 aromatic rings. The minimum absolute atomic E-state index is 0.0222. The average molecular weight is 331 g/mol. The lowest BCUT2D eigenvalue weighted by atomic mass is 10.1. The van der Waals surface area contributed by atoms with Crippen LogP contribution in [-0.2, 0) is 22.7 Å². The van der Waals surface area contributed by atoms with Crippen LogP contribution >= 0.6 is 0 Å². The average Bonchev–Trinajstić information content (AvgIpc) is 3.11. The maximum absolute atomic E-state index is 12.2. The Bertz CT molecular complexity index is 633. The third-order valence-electron chi connectivity index (χ3n) is 5.47. The van der Waals surface area contributed by atoms with Crippen molar-refractivity contribution in [1.82, 2.24) is 24.9 Å². The van der Waals surface area contributed by atoms with Crippen LogP contribution in [0.4, 0.5) is 0 Å². The number of hydrogen-bond donors (Lipinski definition) is 1. The summed E-state index contributed by atoms with van der Waals surface area (Å²) in [7, 11) is 1.63. The van der Waals surface area contributed by atoms with Gasteiger partial charge in [0.2, 0.25) is 11.8 Å². The zero-order valence-corrected chi connectivity index (χ0v) is 14.1. The Morgan fingerprint density at radius 3 is 2.83 bits per heavy atom. The van der Waals surface area contributed by atoms with E-state index in [0.29, 0.717) is 13.0 Å². The fourth-order valence-electron chi connectivity index (χ4n) is 3.77. The van der Waals surface area contributed by atoms with Crippen LogP contribution in [0.25, 0.3) is 0 Å². The predicted molar refractivity (Wildman–Crippen MR) is 87.9 cm³/mol. The van der Waals surface area contributed by atoms with Gasteiger partial charge in [0.25, 0.3) is 0 Å². The molecule has 0 bridgehead atoms. The van der Waals surface area contributed by atoms with Crippen LogP contribution in [-0.4, -0.2) is 64.1 Å². The van der Waals surface area contributed by atoms with E-state index in [2.05, 4.69) is 26.1 Å². The highest BCUT2D eigenvalue weighted by molar-refractivity contribution is 5.89. The van der Waals surface area contributed by atoms with Crippen LogP contribution in [0.5, 0.6) is 0 Å². The molecule has 0 aromatic carbocycles. The number of aromatic nitrogens is 2. The number of nitrogens with zero attached hydrogens (tertiary/aromatic N) is 4. The molecule has 2 amide bonds. The van der Waals surface area contributed by atoms with E-state index in [0.717, 1.165) is 32.1 Å². The molecule has 3 fully saturated rings. The highest BCUT2D eigenvalue weighted by Crippen LogP contribution is 2.31. The third-order valence-corrected chi connectivity index (χ3v) is 5.47. The van der Waals surface area contributed by atoms with Crippen LogP contribution in [0.1, 0.15) is 25.0 Å². The molecule has 1 aliphatic carbocycles. The Labute approximate surface area is 142 Å². The zero-order valence-electron chi connectivity index (χ0n) is 14.1. The minimum atomic E-state index is -0.184. The molecule has 24 heavy (non-hydrogen) atoms. The van der Waals surface area contributed by atoms with Crippen LogP contribution in [0.15, 0.2) is 12.3 Å². The topological polar surface area (TPSA) is 70.5 Å². The van der Waals surface area contributed by atoms with E-state index in [9.17, 15) is 9.59 Å². The highest BCUT2D eigenvalue weighted by atomic mass is 16.2. The van der Waals surface area contributed by atoms with Gasteiger partial charge in [0.05, 0.1) is 17.7 Å². The summed E-state index contributed by atoms with van der Waals surface area (Å²) in [5.41, 5.74) is 1.26. The third kappa shape index (κ3) is 3.05. The molecule has 2 aliphatic heterocycles. The predicted octanol–water partition coefficient (Wildman–Crippen LogP) is 0.0718. The lowest BCUT2D eigenvalue weighted by Crippen LogP contribution is -2.59. The number of carbonyl (C=O) groups is 2. The Morgan fingerprint density at radius 1 is 1.33 bits per heavy atom. The number of rotatable bonds is 6. The Kier molecular flexibility index (Phi) is 4.04. The van der Waals surface area contributed by atoms with E-state index >= 15 is 0 Å². The molecule has 1 N–H and O–H groups in total. The molecule has 0 radical (unpaired) electrons. The van der Waals surface area contributed by atoms with Crippen molar-refractivity contribution in [2.45, 2.75) is 38.4 Å². The van der Waals surface area contributed by atoms with Crippen molar-refractivity contribution in [3.63, 3.8) is 0 Å². The van der Waals surface area contributed by atoms with Crippen molar-refractivity contribution >= 4 is 11.8 Å². The molecule has 7 nitrogen and oxygen atoms in total. The molecule has 1 atom stereocenters. The van der Waals surface area contributed by atoms with Gasteiger partial charge in [-0.3, -0.25) is 19.2 Å². The monoisotopic (exact) mass is 331 g/mol. The molecule has 0 spiro atoms. The van der Waals surface area contributed by atoms with Crippen molar-refractivity contribution in [3.05, 3.63) is 18.0 Å². The summed E-state index contributed by atoms with van der Waals surface area (Å²) in [5, 5.41) is 7.09. The van der Waals surface area contributed by atoms with Gasteiger partial charge in [-0.15, -0.1) is 0 Å². The number of nitrogens with one attached hydrogen (secondary N) is 1. The fourth-order valence-corrected chi connectivity index (χ4v) is 3.77. The highest BCUT2D eigenvalue weighted by Gasteiger charge is 2.42. The lowest BCUT2D eigenvalue weighted by Gasteiger charge is -2.44. The molecule has 3 heterocycles. The second kappa shape index (κ2) is 6.20. The first-order valence-electron chi connectivity index (χ1n) is 8.88. The SMILES string of the molecule is CNC(=O)C1CC(=O)N(C2CN(Cc3ccnn3CC3CC3)C2)C1. The molecule has 1 unspecified atom stereocenters. The Morgan fingerprint density at radius 2 is 2.12 bits per heavy atom. The smallest absolute Gasteiger partial charge is 0.225 e. The molecule has 1 saturated carbocycles. The van der Waals surface area contributed by atoms with Crippen LogP contribution in [0.2, 0.25) is 0 Å². The normalized spacial score (nSPS) is 25.1. The molecular weight excluding hydrogens is 306 g/mol. The largest absolute Gasteiger partial charge is 0.359 e. The van der Waals surface area contributed by atoms with E-state index < -0.39 is 0 Å². The van der Waals surface area contributed by atoms with E-state index in [1.54, 1.807) is 7.05 Å². The molecule has 4 rings (SSSR count). The molecule has 130 valence electrons. The number of carbonyl (C=O) groups excluding carboxylic acids is 2. The summed E-state index contributed by atoms with van der Waals surface area (Å²) >= 11 is 0. The summed E-state index contributed by atoms with van der Waals surface area (Å²) < 4.78 is 2.13. The van der Waals surface area contributed by atoms with Crippen LogP contribution in [0.3, 0.4) is 0 Å². The Hall–Kier alpha value is -1.89. The Balaban J connectivity index is 1.28. The van der Waals surface area contributed by atoms with E-state index in [-0.39, 0.29) is 23.8 Å². The van der Waals surface area contributed by atoms with Gasteiger partial charge in [-0.2, -0.15) is 5.10 Å². The van der Waals surface area contributed by atoms with Crippen molar-refractivity contribution in [1.29, 1.82) is 0 Å². The van der Waals surface area contributed by atoms with E-state index in [4.69, 9.17) is 0 Å². The van der Waals surface area contributed by atoms with Crippen molar-refractivity contribution in [3.8, 4) is 0 Å². The molecular formula is C17H25N5O2. The zero-order chi connectivity index (χ0) is 16.7. The summed E-state index contributed by atoms with van der Waals surface area (Å²) in [6.07, 6.45) is 4.89. The van der Waals surface area contributed by atoms with Crippen LogP contribution < -0.4 is 5.32 Å². The van der Waals surface area contributed by atoms with Crippen molar-refractivity contribution in [2.24, 2.45) is 11.8 Å². The fraction of sp³-hybridized carbons (Fsp3) is 0.706. The van der Waals surface area contributed by atoms with Crippen molar-refractivity contribution in [2.75, 3.05) is 26.7 Å². The van der Waals surface area contributed by atoms with Crippen LogP contribution in [0, 0.1) is 11.8 Å². The van der Waals surface area contributed by atoms with Gasteiger partial charge >= 0.3 is 0 Å². The lowest BCUT2D eigenvalue weighted by molar-refractivity contribution is -0.133. The first-order chi connectivity index (χ1) is 11.6. The maximum atomic E-state index is 12.2. The molecule has 1 aromatic heterocycles. The van der Waals surface area contributed by atoms with Crippen molar-refractivity contribution < 1.29 is 9.59 Å². The maximum Gasteiger partial charge on any atom is 0.225 e. The summed E-state index contributed by atoms with van der Waals surface area (Å²) in [4.78, 5) is 28.1. The molecule has 3 aliphatic rings. The van der Waals surface area contributed by atoms with Gasteiger partial charge in [0.15, 0.2) is 0 Å². The van der Waals surface area contributed by atoms with Gasteiger partial charge in [-0.1, -0.05) is 0 Å². The molecule has 2 saturated heterocycles. The summed E-state index contributed by atoms with van der Waals surface area (Å²) in [5.74, 6) is 0.728. The second-order valence-electron chi connectivity index (χ2n) is 7.36. The van der Waals surface area contributed by atoms with Gasteiger partial charge < -0.3 is 10.2 Å². The summed E-state index contributed by atoms with van der Waals surface area (Å²) in [6, 6.07) is 2.35. The molecule has 7 heteroatoms. The summed E-state index contributed by atoms with van der Waals surface area (Å²) in [6.45, 7) is 4.28. The first-order valence-corrected chi connectivity index (χ1v) is 8.88. The number of hydrogen-bond acceptors (Lipinski definition) is 4. The van der Waals surface area contributed by atoms with E-state index in [1.165, 1.54) is 18.5 Å². The van der Waals surface area contributed by atoms with E-state index in [1.807, 2.05) is 11.1 Å². The van der Waals surface area contributed by atoms with Gasteiger partial charge in [0, 0.05) is 52.4 Å². The first kappa shape index (κ1) is 15.6. The quantitative estimate of drug-likeness (QED) is 0.801. The number of amides is 2. The van der Waals surface area contributed by atoms with Gasteiger partial charge in [-0.25, -0.2) is 0 Å². The second-order valence-corrected chi connectivity index (χ2v) is 7.36. The van der Waals surface area contributed by atoms with Gasteiger partial charge in [-0.05, 0) is 24.8 Å². The van der Waals surface area contributed by atoms with Gasteiger partial charge in [0.1, 0.15) is 0 Å². The standard InChI is InChI=1S/C17H25N5O2/c1-18-17(24)13-6-16(23)21(8-13)15-10-20(11-15)9-14-4-5-19-22(14)7-12-2-3-12/h4-5,12-13,15H,2-3,6-11H2,1H3,(H,18,24). The number of likely N-dealkylation sites (tertiary alicyclic amines) is 2. The minimum Gasteiger partial charge on any atom is -0.359 e.